The summed E-state index contributed by atoms with van der Waals surface area (Å²) in [7, 11) is 0. The van der Waals surface area contributed by atoms with Crippen molar-refractivity contribution in [3.05, 3.63) is 77.1 Å². The fourth-order valence-electron chi connectivity index (χ4n) is 4.65. The number of ether oxygens (including phenoxy) is 1. The van der Waals surface area contributed by atoms with Crippen LogP contribution in [0.1, 0.15) is 33.4 Å². The third-order valence-electron chi connectivity index (χ3n) is 6.22. The Kier molecular flexibility index (Phi) is 5.06. The number of carbonyl (C=O) groups excluding carboxylic acids is 2. The molecule has 1 aliphatic heterocycles. The molecule has 162 valence electrons. The lowest BCUT2D eigenvalue weighted by molar-refractivity contribution is -0.145. The monoisotopic (exact) mass is 445 g/mol. The Morgan fingerprint density at radius 2 is 1.75 bits per heavy atom. The zero-order valence-corrected chi connectivity index (χ0v) is 18.3. The fraction of sp³-hybridized carbons (Fsp3) is 0.240. The summed E-state index contributed by atoms with van der Waals surface area (Å²) in [6, 6.07) is 17.1. The molecule has 0 bridgehead atoms. The van der Waals surface area contributed by atoms with Crippen LogP contribution in [-0.2, 0) is 4.79 Å². The van der Waals surface area contributed by atoms with Gasteiger partial charge < -0.3 is 15.4 Å². The summed E-state index contributed by atoms with van der Waals surface area (Å²) in [4.78, 5) is 30.9. The number of aromatic nitrogens is 1. The minimum Gasteiger partial charge on any atom is -0.457 e. The number of nitrogens with two attached hydrogens (primary N) is 1. The molecule has 32 heavy (non-hydrogen) atoms. The molecular weight excluding hydrogens is 422 g/mol. The van der Waals surface area contributed by atoms with Crippen LogP contribution in [0.5, 0.6) is 11.5 Å². The highest BCUT2D eigenvalue weighted by molar-refractivity contribution is 7.14. The van der Waals surface area contributed by atoms with Gasteiger partial charge in [-0.2, -0.15) is 0 Å². The normalized spacial score (nSPS) is 16.8. The van der Waals surface area contributed by atoms with E-state index in [9.17, 15) is 9.59 Å². The number of para-hydroxylation sites is 1. The third kappa shape index (κ3) is 3.69. The second-order valence-corrected chi connectivity index (χ2v) is 9.57. The van der Waals surface area contributed by atoms with Crippen LogP contribution in [-0.4, -0.2) is 34.8 Å². The first kappa shape index (κ1) is 20.5. The van der Waals surface area contributed by atoms with Crippen molar-refractivity contribution in [1.82, 2.24) is 9.88 Å². The first-order valence-corrected chi connectivity index (χ1v) is 11.3. The van der Waals surface area contributed by atoms with Gasteiger partial charge in [-0.3, -0.25) is 9.59 Å². The number of amides is 2. The molecule has 1 aliphatic carbocycles. The van der Waals surface area contributed by atoms with Crippen molar-refractivity contribution < 1.29 is 14.3 Å². The topological polar surface area (TPSA) is 85.5 Å². The van der Waals surface area contributed by atoms with Gasteiger partial charge in [0.15, 0.2) is 0 Å². The Balaban J connectivity index is 1.31. The molecule has 5 rings (SSSR count). The van der Waals surface area contributed by atoms with Crippen LogP contribution in [0.4, 0.5) is 0 Å². The van der Waals surface area contributed by atoms with Crippen molar-refractivity contribution in [2.75, 3.05) is 13.1 Å². The standard InChI is InChI=1S/C25H23N3O3S/c1-2-20(29)28-14-25(15-28)12-17(13-25)24-27-21(22(32-24)23(26)30)16-8-10-19(11-9-16)31-18-6-4-3-5-7-18/h2-11,17H,1,12-15H2,(H2,26,30). The molecule has 1 spiro atoms. The lowest BCUT2D eigenvalue weighted by atomic mass is 9.58. The number of thiazole rings is 1. The molecule has 7 heteroatoms. The second kappa shape index (κ2) is 7.91. The summed E-state index contributed by atoms with van der Waals surface area (Å²) in [5.41, 5.74) is 7.32. The van der Waals surface area contributed by atoms with Gasteiger partial charge in [0.25, 0.3) is 5.91 Å². The van der Waals surface area contributed by atoms with Crippen molar-refractivity contribution >= 4 is 23.2 Å². The molecule has 1 aromatic heterocycles. The van der Waals surface area contributed by atoms with Crippen LogP contribution in [0.2, 0.25) is 0 Å². The average molecular weight is 446 g/mol. The number of primary amides is 1. The van der Waals surface area contributed by atoms with Gasteiger partial charge in [0.05, 0.1) is 10.7 Å². The van der Waals surface area contributed by atoms with Gasteiger partial charge in [0.1, 0.15) is 16.4 Å². The second-order valence-electron chi connectivity index (χ2n) is 8.54. The summed E-state index contributed by atoms with van der Waals surface area (Å²) < 4.78 is 5.85. The number of nitrogens with zero attached hydrogens (tertiary/aromatic N) is 2. The maximum absolute atomic E-state index is 12.1. The smallest absolute Gasteiger partial charge is 0.261 e. The molecule has 2 aliphatic rings. The van der Waals surface area contributed by atoms with Crippen molar-refractivity contribution in [2.24, 2.45) is 11.1 Å². The van der Waals surface area contributed by atoms with Crippen LogP contribution in [0.25, 0.3) is 11.3 Å². The molecule has 1 saturated heterocycles. The molecule has 0 unspecified atom stereocenters. The Bertz CT molecular complexity index is 1170. The van der Waals surface area contributed by atoms with E-state index in [0.29, 0.717) is 22.2 Å². The van der Waals surface area contributed by atoms with E-state index in [4.69, 9.17) is 15.5 Å². The molecule has 2 amide bonds. The van der Waals surface area contributed by atoms with Crippen molar-refractivity contribution in [2.45, 2.75) is 18.8 Å². The van der Waals surface area contributed by atoms with Gasteiger partial charge in [0, 0.05) is 30.0 Å². The summed E-state index contributed by atoms with van der Waals surface area (Å²) in [6.07, 6.45) is 3.32. The van der Waals surface area contributed by atoms with E-state index in [1.165, 1.54) is 17.4 Å². The number of carbonyl (C=O) groups is 2. The van der Waals surface area contributed by atoms with E-state index in [0.717, 1.165) is 42.3 Å². The predicted octanol–water partition coefficient (Wildman–Crippen LogP) is 4.59. The van der Waals surface area contributed by atoms with Gasteiger partial charge in [-0.15, -0.1) is 11.3 Å². The maximum atomic E-state index is 12.1. The maximum Gasteiger partial charge on any atom is 0.261 e. The van der Waals surface area contributed by atoms with Crippen LogP contribution in [0.15, 0.2) is 67.3 Å². The zero-order chi connectivity index (χ0) is 22.3. The van der Waals surface area contributed by atoms with E-state index >= 15 is 0 Å². The van der Waals surface area contributed by atoms with Crippen LogP contribution >= 0.6 is 11.3 Å². The first-order valence-electron chi connectivity index (χ1n) is 10.5. The quantitative estimate of drug-likeness (QED) is 0.562. The lowest BCUT2D eigenvalue weighted by Gasteiger charge is -2.58. The van der Waals surface area contributed by atoms with Crippen molar-refractivity contribution in [1.29, 1.82) is 0 Å². The molecule has 6 nitrogen and oxygen atoms in total. The molecule has 2 N–H and O–H groups in total. The highest BCUT2D eigenvalue weighted by Crippen LogP contribution is 2.57. The van der Waals surface area contributed by atoms with Gasteiger partial charge in [-0.25, -0.2) is 4.98 Å². The van der Waals surface area contributed by atoms with E-state index < -0.39 is 5.91 Å². The van der Waals surface area contributed by atoms with E-state index in [1.807, 2.05) is 59.5 Å². The van der Waals surface area contributed by atoms with Gasteiger partial charge >= 0.3 is 0 Å². The molecule has 2 aromatic carbocycles. The summed E-state index contributed by atoms with van der Waals surface area (Å²) >= 11 is 1.39. The first-order chi connectivity index (χ1) is 15.5. The predicted molar refractivity (Wildman–Crippen MR) is 124 cm³/mol. The van der Waals surface area contributed by atoms with Gasteiger partial charge in [0.2, 0.25) is 5.91 Å². The van der Waals surface area contributed by atoms with E-state index in [-0.39, 0.29) is 11.3 Å². The fourth-order valence-corrected chi connectivity index (χ4v) is 5.69. The number of benzene rings is 2. The minimum atomic E-state index is -0.464. The minimum absolute atomic E-state index is 0.00804. The number of hydrogen-bond acceptors (Lipinski definition) is 5. The SMILES string of the molecule is C=CC(=O)N1CC2(CC(c3nc(-c4ccc(Oc5ccccc5)cc4)c(C(N)=O)s3)C2)C1. The molecule has 2 heterocycles. The largest absolute Gasteiger partial charge is 0.457 e. The Labute approximate surface area is 190 Å². The molecule has 1 saturated carbocycles. The molecule has 0 radical (unpaired) electrons. The highest BCUT2D eigenvalue weighted by atomic mass is 32.1. The zero-order valence-electron chi connectivity index (χ0n) is 17.5. The van der Waals surface area contributed by atoms with Crippen molar-refractivity contribution in [3.8, 4) is 22.8 Å². The summed E-state index contributed by atoms with van der Waals surface area (Å²) in [6.45, 7) is 5.10. The molecule has 0 atom stereocenters. The molecule has 3 aromatic rings. The van der Waals surface area contributed by atoms with Gasteiger partial charge in [-0.1, -0.05) is 24.8 Å². The molecule has 2 fully saturated rings. The lowest BCUT2D eigenvalue weighted by Crippen LogP contribution is -2.62. The van der Waals surface area contributed by atoms with E-state index in [1.54, 1.807) is 0 Å². The van der Waals surface area contributed by atoms with Gasteiger partial charge in [-0.05, 0) is 55.3 Å². The number of hydrogen-bond donors (Lipinski definition) is 1. The number of likely N-dealkylation sites (tertiary alicyclic amines) is 1. The van der Waals surface area contributed by atoms with Crippen LogP contribution in [0.3, 0.4) is 0 Å². The van der Waals surface area contributed by atoms with E-state index in [2.05, 4.69) is 6.58 Å². The summed E-state index contributed by atoms with van der Waals surface area (Å²) in [5.74, 6) is 1.30. The van der Waals surface area contributed by atoms with Crippen LogP contribution in [0, 0.1) is 5.41 Å². The average Bonchev–Trinajstić information content (AvgIpc) is 3.18. The Morgan fingerprint density at radius 1 is 1.09 bits per heavy atom. The Hall–Kier alpha value is -3.45. The van der Waals surface area contributed by atoms with Crippen molar-refractivity contribution in [3.63, 3.8) is 0 Å². The van der Waals surface area contributed by atoms with Crippen LogP contribution < -0.4 is 10.5 Å². The third-order valence-corrected chi connectivity index (χ3v) is 7.45. The molecular formula is C25H23N3O3S. The number of rotatable bonds is 6. The Morgan fingerprint density at radius 3 is 2.38 bits per heavy atom. The summed E-state index contributed by atoms with van der Waals surface area (Å²) in [5, 5.41) is 0.942. The highest BCUT2D eigenvalue weighted by Gasteiger charge is 2.54.